The van der Waals surface area contributed by atoms with Crippen LogP contribution in [0.3, 0.4) is 0 Å². The van der Waals surface area contributed by atoms with E-state index in [4.69, 9.17) is 58.0 Å². The van der Waals surface area contributed by atoms with Crippen LogP contribution in [-0.2, 0) is 0 Å². The monoisotopic (exact) mass is 408 g/mol. The molecule has 0 aliphatic heterocycles. The first-order valence-electron chi connectivity index (χ1n) is 5.49. The number of alkyl halides is 3. The summed E-state index contributed by atoms with van der Waals surface area (Å²) in [5, 5.41) is -0.176. The predicted octanol–water partition coefficient (Wildman–Crippen LogP) is 7.52. The highest BCUT2D eigenvalue weighted by Gasteiger charge is 2.31. The number of hydrogen-bond acceptors (Lipinski definition) is 1. The Morgan fingerprint density at radius 3 is 1.77 bits per heavy atom. The maximum atomic E-state index is 12.3. The van der Waals surface area contributed by atoms with Crippen molar-refractivity contribution in [2.24, 2.45) is 0 Å². The molecule has 2 rings (SSSR count). The van der Waals surface area contributed by atoms with E-state index >= 15 is 0 Å². The lowest BCUT2D eigenvalue weighted by atomic mass is 10.1. The number of rotatable bonds is 2. The topological polar surface area (TPSA) is 9.23 Å². The molecule has 0 saturated heterocycles. The molecule has 0 radical (unpaired) electrons. The van der Waals surface area contributed by atoms with E-state index in [1.165, 1.54) is 12.1 Å². The Kier molecular flexibility index (Phi) is 5.30. The van der Waals surface area contributed by atoms with Crippen LogP contribution in [0.15, 0.2) is 24.3 Å². The van der Waals surface area contributed by atoms with Gasteiger partial charge in [0.1, 0.15) is 5.75 Å². The summed E-state index contributed by atoms with van der Waals surface area (Å²) in [5.74, 6) is -0.431. The fraction of sp³-hybridized carbons (Fsp3) is 0.0769. The summed E-state index contributed by atoms with van der Waals surface area (Å²) in [6.07, 6.45) is -4.82. The van der Waals surface area contributed by atoms with Gasteiger partial charge in [-0.25, -0.2) is 0 Å². The Hall–Kier alpha value is -0.520. The van der Waals surface area contributed by atoms with Gasteiger partial charge in [0, 0.05) is 5.56 Å². The van der Waals surface area contributed by atoms with Crippen LogP contribution < -0.4 is 4.74 Å². The van der Waals surface area contributed by atoms with Gasteiger partial charge in [0.2, 0.25) is 0 Å². The Morgan fingerprint density at radius 1 is 0.773 bits per heavy atom. The molecule has 2 aromatic carbocycles. The fourth-order valence-corrected chi connectivity index (χ4v) is 3.06. The van der Waals surface area contributed by atoms with Crippen molar-refractivity contribution in [2.75, 3.05) is 0 Å². The van der Waals surface area contributed by atoms with Crippen molar-refractivity contribution in [1.29, 1.82) is 0 Å². The van der Waals surface area contributed by atoms with Gasteiger partial charge in [-0.05, 0) is 17.7 Å². The first-order valence-corrected chi connectivity index (χ1v) is 7.38. The number of ether oxygens (including phenoxy) is 1. The maximum absolute atomic E-state index is 12.3. The molecule has 9 heteroatoms. The van der Waals surface area contributed by atoms with Crippen LogP contribution >= 0.6 is 58.0 Å². The van der Waals surface area contributed by atoms with E-state index in [1.807, 2.05) is 0 Å². The summed E-state index contributed by atoms with van der Waals surface area (Å²) in [7, 11) is 0. The zero-order chi connectivity index (χ0) is 16.7. The van der Waals surface area contributed by atoms with Crippen LogP contribution in [0.1, 0.15) is 0 Å². The van der Waals surface area contributed by atoms with E-state index in [0.717, 1.165) is 12.1 Å². The van der Waals surface area contributed by atoms with Gasteiger partial charge in [0.25, 0.3) is 0 Å². The van der Waals surface area contributed by atoms with E-state index in [9.17, 15) is 13.2 Å². The van der Waals surface area contributed by atoms with Crippen molar-refractivity contribution in [3.05, 3.63) is 49.4 Å². The third-order valence-corrected chi connectivity index (χ3v) is 4.84. The number of halogens is 8. The van der Waals surface area contributed by atoms with Gasteiger partial charge in [-0.3, -0.25) is 0 Å². The van der Waals surface area contributed by atoms with Gasteiger partial charge in [0.05, 0.1) is 25.1 Å². The molecular formula is C13H4Cl5F3O. The predicted molar refractivity (Wildman–Crippen MR) is 83.6 cm³/mol. The SMILES string of the molecule is FC(F)(F)Oc1cccc(-c2c(Cl)c(Cl)c(Cl)c(Cl)c2Cl)c1. The number of benzene rings is 2. The van der Waals surface area contributed by atoms with Crippen LogP contribution in [0.2, 0.25) is 25.1 Å². The standard InChI is InChI=1S/C13H4Cl5F3O/c14-8-7(9(15)11(17)12(18)10(8)16)5-2-1-3-6(4-5)22-13(19,20)21/h1-4H. The largest absolute Gasteiger partial charge is 0.573 e. The minimum atomic E-state index is -4.82. The zero-order valence-corrected chi connectivity index (χ0v) is 14.0. The van der Waals surface area contributed by atoms with Gasteiger partial charge in [0.15, 0.2) is 0 Å². The molecule has 0 aromatic heterocycles. The average molecular weight is 410 g/mol. The highest BCUT2D eigenvalue weighted by Crippen LogP contribution is 2.48. The molecule has 2 aromatic rings. The third kappa shape index (κ3) is 3.69. The van der Waals surface area contributed by atoms with Crippen LogP contribution in [0.5, 0.6) is 5.75 Å². The summed E-state index contributed by atoms with van der Waals surface area (Å²) in [6, 6.07) is 5.08. The quantitative estimate of drug-likeness (QED) is 0.367. The molecule has 0 bridgehead atoms. The first-order chi connectivity index (χ1) is 10.1. The number of hydrogen-bond donors (Lipinski definition) is 0. The second-order valence-electron chi connectivity index (χ2n) is 4.02. The maximum Gasteiger partial charge on any atom is 0.573 e. The highest BCUT2D eigenvalue weighted by molar-refractivity contribution is 6.56. The molecule has 0 unspecified atom stereocenters. The van der Waals surface area contributed by atoms with Crippen LogP contribution in [-0.4, -0.2) is 6.36 Å². The van der Waals surface area contributed by atoms with Crippen molar-refractivity contribution < 1.29 is 17.9 Å². The molecule has 0 atom stereocenters. The van der Waals surface area contributed by atoms with E-state index in [1.54, 1.807) is 0 Å². The second-order valence-corrected chi connectivity index (χ2v) is 5.91. The third-order valence-electron chi connectivity index (χ3n) is 2.57. The van der Waals surface area contributed by atoms with Crippen LogP contribution in [0, 0.1) is 0 Å². The Labute approximate surface area is 148 Å². The lowest BCUT2D eigenvalue weighted by Crippen LogP contribution is -2.17. The van der Waals surface area contributed by atoms with Crippen LogP contribution in [0.4, 0.5) is 13.2 Å². The lowest BCUT2D eigenvalue weighted by Gasteiger charge is -2.14. The van der Waals surface area contributed by atoms with E-state index in [0.29, 0.717) is 0 Å². The van der Waals surface area contributed by atoms with Crippen molar-refractivity contribution in [3.63, 3.8) is 0 Å². The molecule has 22 heavy (non-hydrogen) atoms. The minimum Gasteiger partial charge on any atom is -0.406 e. The Morgan fingerprint density at radius 2 is 1.27 bits per heavy atom. The van der Waals surface area contributed by atoms with E-state index < -0.39 is 12.1 Å². The van der Waals surface area contributed by atoms with Gasteiger partial charge in [-0.1, -0.05) is 70.1 Å². The summed E-state index contributed by atoms with van der Waals surface area (Å²) in [4.78, 5) is 0. The van der Waals surface area contributed by atoms with Crippen LogP contribution in [0.25, 0.3) is 11.1 Å². The Balaban J connectivity index is 2.61. The zero-order valence-electron chi connectivity index (χ0n) is 10.2. The average Bonchev–Trinajstić information content (AvgIpc) is 2.42. The molecule has 118 valence electrons. The smallest absolute Gasteiger partial charge is 0.406 e. The molecule has 0 amide bonds. The molecule has 0 heterocycles. The first kappa shape index (κ1) is 17.8. The Bertz CT molecular complexity index is 701. The molecular weight excluding hydrogens is 406 g/mol. The van der Waals surface area contributed by atoms with E-state index in [2.05, 4.69) is 4.74 Å². The van der Waals surface area contributed by atoms with Crippen molar-refractivity contribution in [2.45, 2.75) is 6.36 Å². The molecule has 0 aliphatic rings. The highest BCUT2D eigenvalue weighted by atomic mass is 35.5. The summed E-state index contributed by atoms with van der Waals surface area (Å²) in [6.45, 7) is 0. The lowest BCUT2D eigenvalue weighted by molar-refractivity contribution is -0.274. The normalized spacial score (nSPS) is 11.6. The molecule has 0 saturated carbocycles. The van der Waals surface area contributed by atoms with Crippen molar-refractivity contribution in [3.8, 4) is 16.9 Å². The molecule has 0 spiro atoms. The summed E-state index contributed by atoms with van der Waals surface area (Å²) < 4.78 is 40.7. The molecule has 0 N–H and O–H groups in total. The van der Waals surface area contributed by atoms with Crippen molar-refractivity contribution >= 4 is 58.0 Å². The van der Waals surface area contributed by atoms with E-state index in [-0.39, 0.29) is 36.2 Å². The summed E-state index contributed by atoms with van der Waals surface area (Å²) >= 11 is 29.9. The van der Waals surface area contributed by atoms with Crippen molar-refractivity contribution in [1.82, 2.24) is 0 Å². The minimum absolute atomic E-state index is 0.0229. The molecule has 0 aliphatic carbocycles. The summed E-state index contributed by atoms with van der Waals surface area (Å²) in [5.41, 5.74) is 0.410. The van der Waals surface area contributed by atoms with Gasteiger partial charge >= 0.3 is 6.36 Å². The van der Waals surface area contributed by atoms with Gasteiger partial charge in [-0.15, -0.1) is 13.2 Å². The second kappa shape index (κ2) is 6.54. The van der Waals surface area contributed by atoms with Gasteiger partial charge in [-0.2, -0.15) is 0 Å². The molecule has 1 nitrogen and oxygen atoms in total. The van der Waals surface area contributed by atoms with Gasteiger partial charge < -0.3 is 4.74 Å². The fourth-order valence-electron chi connectivity index (χ4n) is 1.71. The molecule has 0 fully saturated rings.